The van der Waals surface area contributed by atoms with Gasteiger partial charge in [0, 0.05) is 19.6 Å². The van der Waals surface area contributed by atoms with Gasteiger partial charge in [0.25, 0.3) is 0 Å². The monoisotopic (exact) mass is 227 g/mol. The van der Waals surface area contributed by atoms with Gasteiger partial charge in [-0.25, -0.2) is 0 Å². The Kier molecular flexibility index (Phi) is 3.75. The van der Waals surface area contributed by atoms with E-state index in [4.69, 9.17) is 9.84 Å². The highest BCUT2D eigenvalue weighted by molar-refractivity contribution is 7.07. The van der Waals surface area contributed by atoms with Crippen molar-refractivity contribution in [3.63, 3.8) is 0 Å². The summed E-state index contributed by atoms with van der Waals surface area (Å²) >= 11 is 1.73. The first-order chi connectivity index (χ1) is 7.28. The Labute approximate surface area is 94.3 Å². The lowest BCUT2D eigenvalue weighted by Crippen LogP contribution is -2.47. The summed E-state index contributed by atoms with van der Waals surface area (Å²) < 4.78 is 5.60. The van der Waals surface area contributed by atoms with Gasteiger partial charge in [0.05, 0.1) is 18.8 Å². The number of thiophene rings is 1. The Bertz CT molecular complexity index is 289. The van der Waals surface area contributed by atoms with E-state index >= 15 is 0 Å². The molecule has 0 bridgehead atoms. The third-order valence-corrected chi connectivity index (χ3v) is 3.32. The van der Waals surface area contributed by atoms with Gasteiger partial charge in [0.15, 0.2) is 0 Å². The van der Waals surface area contributed by atoms with Crippen molar-refractivity contribution >= 4 is 11.3 Å². The summed E-state index contributed by atoms with van der Waals surface area (Å²) in [5, 5.41) is 13.4. The Hall–Kier alpha value is -0.420. The average Bonchev–Trinajstić information content (AvgIpc) is 2.69. The van der Waals surface area contributed by atoms with E-state index in [1.165, 1.54) is 5.56 Å². The van der Waals surface area contributed by atoms with Gasteiger partial charge in [-0.2, -0.15) is 11.3 Å². The van der Waals surface area contributed by atoms with Crippen molar-refractivity contribution in [1.82, 2.24) is 4.90 Å². The van der Waals surface area contributed by atoms with Gasteiger partial charge in [-0.3, -0.25) is 4.90 Å². The highest BCUT2D eigenvalue weighted by Crippen LogP contribution is 2.15. The molecule has 0 saturated carbocycles. The van der Waals surface area contributed by atoms with Gasteiger partial charge in [-0.05, 0) is 29.3 Å². The van der Waals surface area contributed by atoms with Gasteiger partial charge in [-0.15, -0.1) is 0 Å². The van der Waals surface area contributed by atoms with Crippen LogP contribution in [0.5, 0.6) is 0 Å². The second-order valence-corrected chi connectivity index (χ2v) is 4.86. The number of nitrogens with zero attached hydrogens (tertiary/aromatic N) is 1. The van der Waals surface area contributed by atoms with Gasteiger partial charge in [0.1, 0.15) is 0 Å². The third kappa shape index (κ3) is 3.01. The number of ether oxygens (including phenoxy) is 1. The first-order valence-corrected chi connectivity index (χ1v) is 6.22. The molecule has 84 valence electrons. The zero-order chi connectivity index (χ0) is 10.7. The van der Waals surface area contributed by atoms with Crippen molar-refractivity contribution in [1.29, 1.82) is 0 Å². The molecule has 0 spiro atoms. The van der Waals surface area contributed by atoms with Crippen LogP contribution < -0.4 is 0 Å². The molecule has 2 heterocycles. The van der Waals surface area contributed by atoms with Crippen molar-refractivity contribution in [3.8, 4) is 0 Å². The van der Waals surface area contributed by atoms with Crippen LogP contribution in [0.1, 0.15) is 12.5 Å². The van der Waals surface area contributed by atoms with Gasteiger partial charge in [0.2, 0.25) is 0 Å². The van der Waals surface area contributed by atoms with E-state index < -0.39 is 0 Å². The summed E-state index contributed by atoms with van der Waals surface area (Å²) in [6.07, 6.45) is 0.196. The quantitative estimate of drug-likeness (QED) is 0.845. The lowest BCUT2D eigenvalue weighted by atomic mass is 10.2. The molecule has 0 aliphatic carbocycles. The summed E-state index contributed by atoms with van der Waals surface area (Å²) in [6, 6.07) is 2.15. The molecule has 1 aromatic heterocycles. The minimum absolute atomic E-state index is 0.0209. The zero-order valence-electron chi connectivity index (χ0n) is 8.93. The van der Waals surface area contributed by atoms with Crippen LogP contribution in [0.3, 0.4) is 0 Å². The molecule has 1 saturated heterocycles. The van der Waals surface area contributed by atoms with E-state index in [2.05, 4.69) is 28.7 Å². The van der Waals surface area contributed by atoms with Crippen LogP contribution in [-0.4, -0.2) is 41.9 Å². The zero-order valence-corrected chi connectivity index (χ0v) is 9.74. The summed E-state index contributed by atoms with van der Waals surface area (Å²) in [6.45, 7) is 4.92. The normalized spacial score (nSPS) is 28.1. The Balaban J connectivity index is 1.91. The number of morpholine rings is 1. The van der Waals surface area contributed by atoms with Crippen molar-refractivity contribution in [3.05, 3.63) is 22.4 Å². The van der Waals surface area contributed by atoms with E-state index in [0.29, 0.717) is 0 Å². The van der Waals surface area contributed by atoms with Gasteiger partial charge < -0.3 is 9.84 Å². The molecule has 0 amide bonds. The largest absolute Gasteiger partial charge is 0.394 e. The fourth-order valence-electron chi connectivity index (χ4n) is 2.01. The summed E-state index contributed by atoms with van der Waals surface area (Å²) in [4.78, 5) is 2.34. The number of rotatable bonds is 3. The first kappa shape index (κ1) is 11.1. The Morgan fingerprint density at radius 3 is 3.13 bits per heavy atom. The second-order valence-electron chi connectivity index (χ2n) is 4.08. The number of hydrogen-bond acceptors (Lipinski definition) is 4. The van der Waals surface area contributed by atoms with E-state index in [1.807, 2.05) is 0 Å². The molecule has 4 heteroatoms. The van der Waals surface area contributed by atoms with Gasteiger partial charge >= 0.3 is 0 Å². The summed E-state index contributed by atoms with van der Waals surface area (Å²) in [5.41, 5.74) is 1.35. The number of aliphatic hydroxyl groups excluding tert-OH is 1. The highest BCUT2D eigenvalue weighted by Gasteiger charge is 2.24. The first-order valence-electron chi connectivity index (χ1n) is 5.27. The molecule has 3 nitrogen and oxygen atoms in total. The topological polar surface area (TPSA) is 32.7 Å². The molecule has 1 aliphatic heterocycles. The third-order valence-electron chi connectivity index (χ3n) is 2.59. The van der Waals surface area contributed by atoms with Crippen LogP contribution in [0.25, 0.3) is 0 Å². The van der Waals surface area contributed by atoms with Crippen LogP contribution in [0.2, 0.25) is 0 Å². The van der Waals surface area contributed by atoms with E-state index in [0.717, 1.165) is 19.6 Å². The smallest absolute Gasteiger partial charge is 0.0936 e. The average molecular weight is 227 g/mol. The predicted molar refractivity (Wildman–Crippen MR) is 61.0 cm³/mol. The minimum atomic E-state index is -0.0209. The van der Waals surface area contributed by atoms with E-state index in [9.17, 15) is 0 Å². The van der Waals surface area contributed by atoms with Crippen LogP contribution in [0.4, 0.5) is 0 Å². The lowest BCUT2D eigenvalue weighted by Gasteiger charge is -2.35. The standard InChI is InChI=1S/C11H17NO2S/c1-9-4-12(6-11(7-13)14-9)5-10-2-3-15-8-10/h2-3,8-9,11,13H,4-7H2,1H3. The van der Waals surface area contributed by atoms with Crippen molar-refractivity contribution in [2.45, 2.75) is 25.7 Å². The van der Waals surface area contributed by atoms with Crippen molar-refractivity contribution in [2.75, 3.05) is 19.7 Å². The maximum atomic E-state index is 9.10. The molecular formula is C11H17NO2S. The number of hydrogen-bond donors (Lipinski definition) is 1. The SMILES string of the molecule is CC1CN(Cc2ccsc2)CC(CO)O1. The maximum absolute atomic E-state index is 9.10. The molecule has 1 aliphatic rings. The molecular weight excluding hydrogens is 210 g/mol. The summed E-state index contributed by atoms with van der Waals surface area (Å²) in [5.74, 6) is 0. The fraction of sp³-hybridized carbons (Fsp3) is 0.636. The summed E-state index contributed by atoms with van der Waals surface area (Å²) in [7, 11) is 0. The molecule has 0 radical (unpaired) electrons. The Morgan fingerprint density at radius 2 is 2.47 bits per heavy atom. The maximum Gasteiger partial charge on any atom is 0.0936 e. The number of aliphatic hydroxyl groups is 1. The predicted octanol–water partition coefficient (Wildman–Crippen LogP) is 1.33. The fourth-order valence-corrected chi connectivity index (χ4v) is 2.67. The van der Waals surface area contributed by atoms with Crippen LogP contribution in [-0.2, 0) is 11.3 Å². The molecule has 1 N–H and O–H groups in total. The van der Waals surface area contributed by atoms with Crippen LogP contribution in [0.15, 0.2) is 16.8 Å². The van der Waals surface area contributed by atoms with E-state index in [1.54, 1.807) is 11.3 Å². The molecule has 2 unspecified atom stereocenters. The second kappa shape index (κ2) is 5.07. The Morgan fingerprint density at radius 1 is 1.60 bits per heavy atom. The molecule has 1 fully saturated rings. The molecule has 1 aromatic rings. The molecule has 0 aromatic carbocycles. The molecule has 2 rings (SSSR count). The van der Waals surface area contributed by atoms with Crippen LogP contribution >= 0.6 is 11.3 Å². The van der Waals surface area contributed by atoms with Gasteiger partial charge in [-0.1, -0.05) is 0 Å². The minimum Gasteiger partial charge on any atom is -0.394 e. The highest BCUT2D eigenvalue weighted by atomic mass is 32.1. The molecule has 2 atom stereocenters. The van der Waals surface area contributed by atoms with Crippen molar-refractivity contribution in [2.24, 2.45) is 0 Å². The van der Waals surface area contributed by atoms with Crippen LogP contribution in [0, 0.1) is 0 Å². The molecule has 15 heavy (non-hydrogen) atoms. The van der Waals surface area contributed by atoms with E-state index in [-0.39, 0.29) is 18.8 Å². The lowest BCUT2D eigenvalue weighted by molar-refractivity contribution is -0.0972. The van der Waals surface area contributed by atoms with Crippen molar-refractivity contribution < 1.29 is 9.84 Å².